The van der Waals surface area contributed by atoms with E-state index in [9.17, 15) is 0 Å². The molecule has 0 radical (unpaired) electrons. The van der Waals surface area contributed by atoms with Gasteiger partial charge in [-0.25, -0.2) is 0 Å². The van der Waals surface area contributed by atoms with E-state index in [-0.39, 0.29) is 0 Å². The van der Waals surface area contributed by atoms with Gasteiger partial charge in [0.1, 0.15) is 0 Å². The van der Waals surface area contributed by atoms with Gasteiger partial charge >= 0.3 is 0 Å². The van der Waals surface area contributed by atoms with Crippen molar-refractivity contribution in [2.24, 2.45) is 7.05 Å². The fraction of sp³-hybridized carbons (Fsp3) is 0.458. The number of piperazine rings is 1. The number of nitrogens with one attached hydrogen (secondary N) is 1. The van der Waals surface area contributed by atoms with Crippen molar-refractivity contribution in [2.45, 2.75) is 40.8 Å². The number of aromatic nitrogens is 4. The Balaban J connectivity index is 1.34. The molecule has 0 amide bonds. The molecule has 4 rings (SSSR count). The molecule has 2 aromatic heterocycles. The van der Waals surface area contributed by atoms with Crippen LogP contribution in [-0.4, -0.2) is 60.7 Å². The molecule has 3 aromatic rings. The van der Waals surface area contributed by atoms with Crippen LogP contribution in [0.5, 0.6) is 0 Å². The lowest BCUT2D eigenvalue weighted by Gasteiger charge is -2.36. The standard InChI is InChI=1S/C24H33N7S/c1-17-6-8-21(9-7-17)14-31-20(4)23(19(3)27-31)25-24(32)30-12-10-29(11-13-30)16-22-15-28(5)26-18(22)2/h6-9,15H,10-14,16H2,1-5H3,(H,25,32). The predicted octanol–water partition coefficient (Wildman–Crippen LogP) is 3.41. The van der Waals surface area contributed by atoms with Crippen LogP contribution in [0, 0.1) is 27.7 Å². The van der Waals surface area contributed by atoms with Crippen LogP contribution in [0.25, 0.3) is 0 Å². The normalized spacial score (nSPS) is 14.7. The van der Waals surface area contributed by atoms with Crippen molar-refractivity contribution in [3.63, 3.8) is 0 Å². The molecule has 32 heavy (non-hydrogen) atoms. The molecule has 170 valence electrons. The van der Waals surface area contributed by atoms with E-state index >= 15 is 0 Å². The largest absolute Gasteiger partial charge is 0.346 e. The highest BCUT2D eigenvalue weighted by Gasteiger charge is 2.22. The molecular formula is C24H33N7S. The maximum absolute atomic E-state index is 5.77. The molecule has 1 aliphatic rings. The highest BCUT2D eigenvalue weighted by atomic mass is 32.1. The Labute approximate surface area is 196 Å². The molecular weight excluding hydrogens is 418 g/mol. The van der Waals surface area contributed by atoms with E-state index in [2.05, 4.69) is 76.1 Å². The average Bonchev–Trinajstić information content (AvgIpc) is 3.22. The third-order valence-corrected chi connectivity index (χ3v) is 6.60. The second kappa shape index (κ2) is 9.42. The summed E-state index contributed by atoms with van der Waals surface area (Å²) in [6.45, 7) is 13.8. The lowest BCUT2D eigenvalue weighted by molar-refractivity contribution is 0.176. The lowest BCUT2D eigenvalue weighted by atomic mass is 10.1. The number of aryl methyl sites for hydroxylation is 4. The zero-order chi connectivity index (χ0) is 22.8. The summed E-state index contributed by atoms with van der Waals surface area (Å²) in [6, 6.07) is 8.61. The van der Waals surface area contributed by atoms with Gasteiger partial charge in [0.2, 0.25) is 0 Å². The summed E-state index contributed by atoms with van der Waals surface area (Å²) in [5, 5.41) is 13.5. The van der Waals surface area contributed by atoms with Crippen LogP contribution >= 0.6 is 12.2 Å². The Morgan fingerprint density at radius 2 is 1.62 bits per heavy atom. The maximum atomic E-state index is 5.77. The number of hydrogen-bond donors (Lipinski definition) is 1. The molecule has 0 unspecified atom stereocenters. The summed E-state index contributed by atoms with van der Waals surface area (Å²) in [7, 11) is 1.98. The maximum Gasteiger partial charge on any atom is 0.173 e. The number of anilines is 1. The zero-order valence-electron chi connectivity index (χ0n) is 19.7. The molecule has 0 aliphatic carbocycles. The molecule has 0 bridgehead atoms. The van der Waals surface area contributed by atoms with Crippen LogP contribution in [0.2, 0.25) is 0 Å². The fourth-order valence-corrected chi connectivity index (χ4v) is 4.52. The molecule has 1 fully saturated rings. The fourth-order valence-electron chi connectivity index (χ4n) is 4.24. The van der Waals surface area contributed by atoms with Gasteiger partial charge in [0.15, 0.2) is 5.11 Å². The topological polar surface area (TPSA) is 54.2 Å². The van der Waals surface area contributed by atoms with Crippen LogP contribution in [0.3, 0.4) is 0 Å². The summed E-state index contributed by atoms with van der Waals surface area (Å²) >= 11 is 5.77. The minimum atomic E-state index is 0.758. The Morgan fingerprint density at radius 1 is 0.938 bits per heavy atom. The second-order valence-corrected chi connectivity index (χ2v) is 9.18. The summed E-state index contributed by atoms with van der Waals surface area (Å²) < 4.78 is 3.95. The van der Waals surface area contributed by atoms with Crippen molar-refractivity contribution < 1.29 is 0 Å². The van der Waals surface area contributed by atoms with Gasteiger partial charge in [0.05, 0.1) is 29.3 Å². The zero-order valence-corrected chi connectivity index (χ0v) is 20.5. The van der Waals surface area contributed by atoms with Crippen molar-refractivity contribution in [1.29, 1.82) is 0 Å². The van der Waals surface area contributed by atoms with E-state index < -0.39 is 0 Å². The molecule has 8 heteroatoms. The Kier molecular flexibility index (Phi) is 6.62. The first-order valence-electron chi connectivity index (χ1n) is 11.2. The summed E-state index contributed by atoms with van der Waals surface area (Å²) in [6.07, 6.45) is 2.12. The lowest BCUT2D eigenvalue weighted by Crippen LogP contribution is -2.49. The first-order chi connectivity index (χ1) is 15.3. The van der Waals surface area contributed by atoms with E-state index in [0.29, 0.717) is 0 Å². The number of thiocarbonyl (C=S) groups is 1. The monoisotopic (exact) mass is 451 g/mol. The first kappa shape index (κ1) is 22.5. The third kappa shape index (κ3) is 5.02. The van der Waals surface area contributed by atoms with Crippen LogP contribution < -0.4 is 5.32 Å². The van der Waals surface area contributed by atoms with E-state index in [1.807, 2.05) is 18.7 Å². The van der Waals surface area contributed by atoms with Gasteiger partial charge in [-0.3, -0.25) is 14.3 Å². The van der Waals surface area contributed by atoms with Crippen LogP contribution in [0.4, 0.5) is 5.69 Å². The minimum Gasteiger partial charge on any atom is -0.346 e. The number of nitrogens with zero attached hydrogens (tertiary/aromatic N) is 6. The molecule has 0 atom stereocenters. The molecule has 3 heterocycles. The van der Waals surface area contributed by atoms with Gasteiger partial charge in [-0.1, -0.05) is 29.8 Å². The Hall–Kier alpha value is -2.71. The summed E-state index contributed by atoms with van der Waals surface area (Å²) in [5.74, 6) is 0. The Bertz CT molecular complexity index is 1090. The third-order valence-electron chi connectivity index (χ3n) is 6.23. The van der Waals surface area contributed by atoms with Crippen molar-refractivity contribution >= 4 is 23.0 Å². The quantitative estimate of drug-likeness (QED) is 0.600. The highest BCUT2D eigenvalue weighted by Crippen LogP contribution is 2.22. The smallest absolute Gasteiger partial charge is 0.173 e. The van der Waals surface area contributed by atoms with Gasteiger partial charge in [0, 0.05) is 51.5 Å². The second-order valence-electron chi connectivity index (χ2n) is 8.80. The molecule has 7 nitrogen and oxygen atoms in total. The SMILES string of the molecule is Cc1ccc(Cn2nc(C)c(NC(=S)N3CCN(Cc4cn(C)nc4C)CC3)c2C)cc1. The van der Waals surface area contributed by atoms with Crippen LogP contribution in [-0.2, 0) is 20.1 Å². The number of benzene rings is 1. The van der Waals surface area contributed by atoms with Crippen molar-refractivity contribution in [3.05, 3.63) is 64.2 Å². The van der Waals surface area contributed by atoms with Crippen molar-refractivity contribution in [2.75, 3.05) is 31.5 Å². The summed E-state index contributed by atoms with van der Waals surface area (Å²) in [4.78, 5) is 4.73. The number of rotatable bonds is 5. The predicted molar refractivity (Wildman–Crippen MR) is 133 cm³/mol. The van der Waals surface area contributed by atoms with Gasteiger partial charge < -0.3 is 10.2 Å². The molecule has 1 saturated heterocycles. The highest BCUT2D eigenvalue weighted by molar-refractivity contribution is 7.80. The molecule has 0 spiro atoms. The van der Waals surface area contributed by atoms with E-state index in [1.54, 1.807) is 0 Å². The van der Waals surface area contributed by atoms with Gasteiger partial charge in [-0.2, -0.15) is 10.2 Å². The van der Waals surface area contributed by atoms with Gasteiger partial charge in [-0.15, -0.1) is 0 Å². The molecule has 1 N–H and O–H groups in total. The van der Waals surface area contributed by atoms with E-state index in [4.69, 9.17) is 17.3 Å². The van der Waals surface area contributed by atoms with E-state index in [0.717, 1.165) is 67.2 Å². The Morgan fingerprint density at radius 3 is 2.25 bits per heavy atom. The van der Waals surface area contributed by atoms with Gasteiger partial charge in [-0.05, 0) is 45.5 Å². The summed E-state index contributed by atoms with van der Waals surface area (Å²) in [5.41, 5.74) is 8.03. The van der Waals surface area contributed by atoms with E-state index in [1.165, 1.54) is 16.7 Å². The first-order valence-corrected chi connectivity index (χ1v) is 11.6. The molecule has 1 aliphatic heterocycles. The van der Waals surface area contributed by atoms with Gasteiger partial charge in [0.25, 0.3) is 0 Å². The molecule has 0 saturated carbocycles. The molecule has 1 aromatic carbocycles. The minimum absolute atomic E-state index is 0.758. The van der Waals surface area contributed by atoms with Crippen molar-refractivity contribution in [1.82, 2.24) is 29.4 Å². The van der Waals surface area contributed by atoms with Crippen LogP contribution in [0.15, 0.2) is 30.5 Å². The van der Waals surface area contributed by atoms with Crippen LogP contribution in [0.1, 0.15) is 33.8 Å². The average molecular weight is 452 g/mol. The van der Waals surface area contributed by atoms with Crippen molar-refractivity contribution in [3.8, 4) is 0 Å². The number of hydrogen-bond acceptors (Lipinski definition) is 4.